The zero-order valence-electron chi connectivity index (χ0n) is 14.4. The molecular formula is C18H36N2O. The molecule has 2 fully saturated rings. The summed E-state index contributed by atoms with van der Waals surface area (Å²) in [5, 5.41) is 12.9. The number of rotatable bonds is 7. The van der Waals surface area contributed by atoms with Gasteiger partial charge in [0.1, 0.15) is 0 Å². The number of aliphatic hydroxyl groups excluding tert-OH is 1. The molecule has 1 saturated heterocycles. The standard InChI is InChI=1S/C18H36N2O/c1-4-9-19-17-5-8-18(2,3)12-16(17)14-20-10-6-15(13-20)7-11-21/h15-17,19,21H,4-14H2,1-3H3. The van der Waals surface area contributed by atoms with Crippen molar-refractivity contribution in [2.45, 2.75) is 65.3 Å². The molecule has 21 heavy (non-hydrogen) atoms. The van der Waals surface area contributed by atoms with Gasteiger partial charge in [0.15, 0.2) is 0 Å². The zero-order chi connectivity index (χ0) is 15.3. The molecule has 0 amide bonds. The number of nitrogens with zero attached hydrogens (tertiary/aromatic N) is 1. The normalized spacial score (nSPS) is 33.4. The summed E-state index contributed by atoms with van der Waals surface area (Å²) in [5.74, 6) is 1.53. The van der Waals surface area contributed by atoms with Crippen molar-refractivity contribution in [2.75, 3.05) is 32.8 Å². The second kappa shape index (κ2) is 7.94. The Morgan fingerprint density at radius 1 is 1.29 bits per heavy atom. The first-order valence-corrected chi connectivity index (χ1v) is 9.10. The zero-order valence-corrected chi connectivity index (χ0v) is 14.4. The SMILES string of the molecule is CCCNC1CCC(C)(C)CC1CN1CCC(CCO)C1. The molecule has 2 rings (SSSR count). The lowest BCUT2D eigenvalue weighted by atomic mass is 9.69. The minimum atomic E-state index is 0.357. The largest absolute Gasteiger partial charge is 0.396 e. The number of hydrogen-bond donors (Lipinski definition) is 2. The van der Waals surface area contributed by atoms with Crippen molar-refractivity contribution >= 4 is 0 Å². The summed E-state index contributed by atoms with van der Waals surface area (Å²) in [6, 6.07) is 0.717. The van der Waals surface area contributed by atoms with Crippen LogP contribution in [0.15, 0.2) is 0 Å². The summed E-state index contributed by atoms with van der Waals surface area (Å²) in [4.78, 5) is 2.66. The molecule has 0 aromatic heterocycles. The van der Waals surface area contributed by atoms with Gasteiger partial charge in [-0.05, 0) is 68.9 Å². The first-order valence-electron chi connectivity index (χ1n) is 9.10. The van der Waals surface area contributed by atoms with E-state index in [0.29, 0.717) is 12.0 Å². The lowest BCUT2D eigenvalue weighted by Gasteiger charge is -2.42. The van der Waals surface area contributed by atoms with E-state index in [9.17, 15) is 0 Å². The van der Waals surface area contributed by atoms with Crippen LogP contribution in [0.2, 0.25) is 0 Å². The average molecular weight is 296 g/mol. The van der Waals surface area contributed by atoms with Crippen LogP contribution in [0.25, 0.3) is 0 Å². The predicted octanol–water partition coefficient (Wildman–Crippen LogP) is 2.89. The molecule has 2 aliphatic rings. The monoisotopic (exact) mass is 296 g/mol. The van der Waals surface area contributed by atoms with E-state index in [0.717, 1.165) is 30.8 Å². The molecule has 0 aromatic rings. The number of nitrogens with one attached hydrogen (secondary N) is 1. The van der Waals surface area contributed by atoms with E-state index in [4.69, 9.17) is 5.11 Å². The van der Waals surface area contributed by atoms with Crippen LogP contribution in [0.5, 0.6) is 0 Å². The Hall–Kier alpha value is -0.120. The van der Waals surface area contributed by atoms with Crippen LogP contribution in [0.4, 0.5) is 0 Å². The smallest absolute Gasteiger partial charge is 0.0434 e. The number of likely N-dealkylation sites (tertiary alicyclic amines) is 1. The van der Waals surface area contributed by atoms with Gasteiger partial charge in [0.25, 0.3) is 0 Å². The first kappa shape index (κ1) is 17.2. The second-order valence-corrected chi connectivity index (χ2v) is 8.15. The van der Waals surface area contributed by atoms with E-state index >= 15 is 0 Å². The van der Waals surface area contributed by atoms with Gasteiger partial charge in [0, 0.05) is 25.7 Å². The lowest BCUT2D eigenvalue weighted by molar-refractivity contribution is 0.106. The highest BCUT2D eigenvalue weighted by atomic mass is 16.3. The quantitative estimate of drug-likeness (QED) is 0.758. The Kier molecular flexibility index (Phi) is 6.51. The molecule has 0 spiro atoms. The van der Waals surface area contributed by atoms with Crippen LogP contribution in [-0.4, -0.2) is 48.8 Å². The highest BCUT2D eigenvalue weighted by Crippen LogP contribution is 2.39. The summed E-state index contributed by atoms with van der Waals surface area (Å²) < 4.78 is 0. The van der Waals surface area contributed by atoms with E-state index in [1.165, 1.54) is 51.7 Å². The Bertz CT molecular complexity index is 306. The van der Waals surface area contributed by atoms with Crippen LogP contribution >= 0.6 is 0 Å². The molecule has 3 atom stereocenters. The molecule has 1 aliphatic heterocycles. The summed E-state index contributed by atoms with van der Waals surface area (Å²) in [7, 11) is 0. The van der Waals surface area contributed by atoms with E-state index in [1.807, 2.05) is 0 Å². The van der Waals surface area contributed by atoms with Gasteiger partial charge in [0.2, 0.25) is 0 Å². The third kappa shape index (κ3) is 5.22. The van der Waals surface area contributed by atoms with E-state index in [2.05, 4.69) is 31.0 Å². The molecule has 1 heterocycles. The fourth-order valence-corrected chi connectivity index (χ4v) is 4.35. The summed E-state index contributed by atoms with van der Waals surface area (Å²) in [5.41, 5.74) is 0.513. The molecular weight excluding hydrogens is 260 g/mol. The van der Waals surface area contributed by atoms with Gasteiger partial charge in [0.05, 0.1) is 0 Å². The summed E-state index contributed by atoms with van der Waals surface area (Å²) >= 11 is 0. The van der Waals surface area contributed by atoms with E-state index in [-0.39, 0.29) is 0 Å². The molecule has 124 valence electrons. The highest BCUT2D eigenvalue weighted by molar-refractivity contribution is 4.91. The molecule has 3 unspecified atom stereocenters. The van der Waals surface area contributed by atoms with Gasteiger partial charge in [-0.1, -0.05) is 20.8 Å². The Balaban J connectivity index is 1.87. The maximum absolute atomic E-state index is 9.11. The Labute approximate surface area is 131 Å². The van der Waals surface area contributed by atoms with Gasteiger partial charge in [-0.3, -0.25) is 0 Å². The number of aliphatic hydroxyl groups is 1. The molecule has 0 radical (unpaired) electrons. The van der Waals surface area contributed by atoms with Crippen molar-refractivity contribution in [1.82, 2.24) is 10.2 Å². The van der Waals surface area contributed by atoms with Crippen LogP contribution in [0.3, 0.4) is 0 Å². The van der Waals surface area contributed by atoms with Crippen molar-refractivity contribution in [3.63, 3.8) is 0 Å². The fourth-order valence-electron chi connectivity index (χ4n) is 4.35. The van der Waals surface area contributed by atoms with Crippen molar-refractivity contribution < 1.29 is 5.11 Å². The topological polar surface area (TPSA) is 35.5 Å². The molecule has 3 nitrogen and oxygen atoms in total. The van der Waals surface area contributed by atoms with Crippen LogP contribution in [0.1, 0.15) is 59.3 Å². The van der Waals surface area contributed by atoms with E-state index < -0.39 is 0 Å². The van der Waals surface area contributed by atoms with Crippen LogP contribution in [-0.2, 0) is 0 Å². The first-order chi connectivity index (χ1) is 10.0. The van der Waals surface area contributed by atoms with Crippen LogP contribution in [0, 0.1) is 17.3 Å². The van der Waals surface area contributed by atoms with E-state index in [1.54, 1.807) is 0 Å². The maximum Gasteiger partial charge on any atom is 0.0434 e. The lowest BCUT2D eigenvalue weighted by Crippen LogP contribution is -2.47. The Morgan fingerprint density at radius 3 is 2.81 bits per heavy atom. The number of hydrogen-bond acceptors (Lipinski definition) is 3. The van der Waals surface area contributed by atoms with Crippen molar-refractivity contribution in [2.24, 2.45) is 17.3 Å². The minimum Gasteiger partial charge on any atom is -0.396 e. The fraction of sp³-hybridized carbons (Fsp3) is 1.00. The average Bonchev–Trinajstić information content (AvgIpc) is 2.85. The van der Waals surface area contributed by atoms with Crippen molar-refractivity contribution in [3.8, 4) is 0 Å². The molecule has 0 aromatic carbocycles. The predicted molar refractivity (Wildman–Crippen MR) is 89.5 cm³/mol. The molecule has 1 aliphatic carbocycles. The van der Waals surface area contributed by atoms with Gasteiger partial charge >= 0.3 is 0 Å². The second-order valence-electron chi connectivity index (χ2n) is 8.15. The molecule has 3 heteroatoms. The Morgan fingerprint density at radius 2 is 2.10 bits per heavy atom. The van der Waals surface area contributed by atoms with Crippen molar-refractivity contribution in [1.29, 1.82) is 0 Å². The molecule has 1 saturated carbocycles. The van der Waals surface area contributed by atoms with Gasteiger partial charge in [-0.25, -0.2) is 0 Å². The van der Waals surface area contributed by atoms with Gasteiger partial charge < -0.3 is 15.3 Å². The summed E-state index contributed by atoms with van der Waals surface area (Å²) in [6.07, 6.45) is 7.56. The third-order valence-electron chi connectivity index (χ3n) is 5.57. The van der Waals surface area contributed by atoms with Crippen LogP contribution < -0.4 is 5.32 Å². The van der Waals surface area contributed by atoms with Gasteiger partial charge in [-0.2, -0.15) is 0 Å². The highest BCUT2D eigenvalue weighted by Gasteiger charge is 2.36. The molecule has 2 N–H and O–H groups in total. The molecule has 0 bridgehead atoms. The van der Waals surface area contributed by atoms with Gasteiger partial charge in [-0.15, -0.1) is 0 Å². The summed E-state index contributed by atoms with van der Waals surface area (Å²) in [6.45, 7) is 12.4. The minimum absolute atomic E-state index is 0.357. The van der Waals surface area contributed by atoms with Crippen molar-refractivity contribution in [3.05, 3.63) is 0 Å². The maximum atomic E-state index is 9.11. The third-order valence-corrected chi connectivity index (χ3v) is 5.57.